The molecular weight excluding hydrogens is 369 g/mol. The fraction of sp³-hybridized carbons (Fsp3) is 0. The van der Waals surface area contributed by atoms with Crippen molar-refractivity contribution in [1.29, 1.82) is 0 Å². The molecule has 11 heavy (non-hydrogen) atoms. The molecule has 0 radical (unpaired) electrons. The van der Waals surface area contributed by atoms with Crippen LogP contribution in [0.5, 0.6) is 0 Å². The van der Waals surface area contributed by atoms with Gasteiger partial charge in [0.25, 0.3) is 0 Å². The zero-order valence-electron chi connectivity index (χ0n) is 4.49. The van der Waals surface area contributed by atoms with Crippen molar-refractivity contribution in [2.24, 2.45) is 0 Å². The topological polar surface area (TPSA) is 129 Å². The Hall–Kier alpha value is -0.822. The van der Waals surface area contributed by atoms with E-state index in [1.54, 1.807) is 0 Å². The minimum absolute atomic E-state index is 1.62. The van der Waals surface area contributed by atoms with Crippen LogP contribution in [0.2, 0.25) is 0 Å². The van der Waals surface area contributed by atoms with Crippen LogP contribution in [-0.4, -0.2) is 10.4 Å². The van der Waals surface area contributed by atoms with Crippen LogP contribution in [0.1, 0.15) is 0 Å². The Morgan fingerprint density at radius 1 is 0.909 bits per heavy atom. The average molecular weight is 369 g/mol. The molecule has 0 saturated carbocycles. The third kappa shape index (κ3) is 1.60. The summed E-state index contributed by atoms with van der Waals surface area (Å²) in [5.74, 6) is 0. The van der Waals surface area contributed by atoms with Crippen LogP contribution in [0, 0.1) is 30.3 Å². The summed E-state index contributed by atoms with van der Waals surface area (Å²) < 4.78 is -4.85. The summed E-state index contributed by atoms with van der Waals surface area (Å²) in [6, 6.07) is 0. The van der Waals surface area contributed by atoms with E-state index in [0.717, 1.165) is 0 Å². The molecule has 0 unspecified atom stereocenters. The van der Waals surface area contributed by atoms with Gasteiger partial charge in [0.1, 0.15) is 0 Å². The molecule has 0 fully saturated rings. The predicted octanol–water partition coefficient (Wildman–Crippen LogP) is -0.131. The Bertz CT molecular complexity index is 188. The number of nitrogens with zero attached hydrogens (tertiary/aromatic N) is 3. The van der Waals surface area contributed by atoms with E-state index in [-0.39, 0.29) is 0 Å². The normalized spacial score (nSPS) is 12.1. The van der Waals surface area contributed by atoms with Gasteiger partial charge in [0, 0.05) is 0 Å². The molecule has 0 atom stereocenters. The molecule has 9 nitrogen and oxygen atoms in total. The van der Waals surface area contributed by atoms with Gasteiger partial charge in [-0.3, -0.25) is 0 Å². The molecule has 0 aromatic rings. The fourth-order valence-electron chi connectivity index (χ4n) is 0.126. The maximum atomic E-state index is 9.77. The number of rotatable bonds is 3. The van der Waals surface area contributed by atoms with E-state index >= 15 is 0 Å². The Morgan fingerprint density at radius 3 is 1.09 bits per heavy atom. The summed E-state index contributed by atoms with van der Waals surface area (Å²) in [7, 11) is 4.63. The molecule has 68 valence electrons. The van der Waals surface area contributed by atoms with Gasteiger partial charge in [-0.05, 0) is 0 Å². The number of hydrogen-bond donors (Lipinski definition) is 0. The van der Waals surface area contributed by atoms with Gasteiger partial charge in [0.15, 0.2) is 0 Å². The van der Waals surface area contributed by atoms with Gasteiger partial charge >= 0.3 is 66.0 Å². The quantitative estimate of drug-likeness (QED) is 0.504. The van der Waals surface area contributed by atoms with Crippen molar-refractivity contribution in [3.63, 3.8) is 0 Å². The number of nitro groups is 3. The molecule has 0 N–H and O–H groups in total. The molecule has 0 bridgehead atoms. The minimum atomic E-state index is -5.79. The van der Waals surface area contributed by atoms with E-state index in [4.69, 9.17) is 0 Å². The van der Waals surface area contributed by atoms with Gasteiger partial charge in [0.2, 0.25) is 0 Å². The third-order valence-electron chi connectivity index (χ3n) is 0.441. The van der Waals surface area contributed by atoms with Crippen LogP contribution < -0.4 is 0 Å². The van der Waals surface area contributed by atoms with Gasteiger partial charge in [-0.1, -0.05) is 0 Å². The molecule has 0 spiro atoms. The molecular formula is ClN3O6Pt. The van der Waals surface area contributed by atoms with Crippen LogP contribution >= 0.6 is 9.42 Å². The number of halogens is 1. The molecule has 0 aliphatic rings. The first-order valence-electron chi connectivity index (χ1n) is 1.64. The SMILES string of the molecule is O=[N+]([O-])[Pt]([Cl])([N+](=O)[O-])[N+](=O)[O-]. The van der Waals surface area contributed by atoms with Crippen molar-refractivity contribution >= 4 is 9.42 Å². The van der Waals surface area contributed by atoms with Crippen molar-refractivity contribution in [3.8, 4) is 0 Å². The summed E-state index contributed by atoms with van der Waals surface area (Å²) in [6.07, 6.45) is 0. The average Bonchev–Trinajstić information content (AvgIpc) is 1.84. The molecule has 0 aromatic heterocycles. The van der Waals surface area contributed by atoms with Crippen LogP contribution in [-0.2, 0) is 15.8 Å². The molecule has 0 aliphatic heterocycles. The monoisotopic (exact) mass is 368 g/mol. The van der Waals surface area contributed by atoms with Crippen LogP contribution in [0.4, 0.5) is 0 Å². The summed E-state index contributed by atoms with van der Waals surface area (Å²) in [5.41, 5.74) is 0. The first-order chi connectivity index (χ1) is 4.83. The zero-order chi connectivity index (χ0) is 9.23. The summed E-state index contributed by atoms with van der Waals surface area (Å²) in [5, 5.41) is 29.3. The molecule has 11 heteroatoms. The van der Waals surface area contributed by atoms with E-state index in [1.165, 1.54) is 0 Å². The molecule has 0 aromatic carbocycles. The Kier molecular flexibility index (Phi) is 2.83. The van der Waals surface area contributed by atoms with Gasteiger partial charge in [-0.25, -0.2) is 0 Å². The second-order valence-corrected chi connectivity index (χ2v) is 8.55. The summed E-state index contributed by atoms with van der Waals surface area (Å²) in [6.45, 7) is 0. The second-order valence-electron chi connectivity index (χ2n) is 0.920. The van der Waals surface area contributed by atoms with Crippen LogP contribution in [0.3, 0.4) is 0 Å². The standard InChI is InChI=1S/ClH.3NO2.Pt/c;3*2-1-3;/h1H;;;;/q;;;;+1/p-1. The molecule has 0 heterocycles. The van der Waals surface area contributed by atoms with Crippen molar-refractivity contribution in [2.45, 2.75) is 0 Å². The van der Waals surface area contributed by atoms with E-state index in [1.807, 2.05) is 0 Å². The maximum absolute atomic E-state index is 9.77. The third-order valence-corrected chi connectivity index (χ3v) is 5.75. The number of hydrogen-bond acceptors (Lipinski definition) is 6. The Balaban J connectivity index is 4.99. The van der Waals surface area contributed by atoms with Crippen LogP contribution in [0.15, 0.2) is 0 Å². The van der Waals surface area contributed by atoms with E-state index in [9.17, 15) is 30.3 Å². The van der Waals surface area contributed by atoms with Gasteiger partial charge in [-0.2, -0.15) is 0 Å². The molecule has 0 aliphatic carbocycles. The van der Waals surface area contributed by atoms with E-state index in [0.29, 0.717) is 0 Å². The molecule has 0 rings (SSSR count). The zero-order valence-corrected chi connectivity index (χ0v) is 7.51. The van der Waals surface area contributed by atoms with Gasteiger partial charge < -0.3 is 0 Å². The predicted molar refractivity (Wildman–Crippen MR) is 26.8 cm³/mol. The van der Waals surface area contributed by atoms with Crippen molar-refractivity contribution in [2.75, 3.05) is 0 Å². The van der Waals surface area contributed by atoms with E-state index < -0.39 is 26.2 Å². The summed E-state index contributed by atoms with van der Waals surface area (Å²) in [4.78, 5) is 29.3. The molecule has 0 amide bonds. The Morgan fingerprint density at radius 2 is 1.09 bits per heavy atom. The molecule has 0 saturated heterocycles. The fourth-order valence-corrected chi connectivity index (χ4v) is 1.04. The first kappa shape index (κ1) is 10.2. The summed E-state index contributed by atoms with van der Waals surface area (Å²) >= 11 is -5.79. The van der Waals surface area contributed by atoms with Crippen molar-refractivity contribution < 1.29 is 26.2 Å². The van der Waals surface area contributed by atoms with Crippen LogP contribution in [0.25, 0.3) is 0 Å². The van der Waals surface area contributed by atoms with Gasteiger partial charge in [-0.15, -0.1) is 0 Å². The van der Waals surface area contributed by atoms with E-state index in [2.05, 4.69) is 9.42 Å². The first-order valence-corrected chi connectivity index (χ1v) is 7.50. The van der Waals surface area contributed by atoms with Crippen molar-refractivity contribution in [1.82, 2.24) is 0 Å². The van der Waals surface area contributed by atoms with Crippen molar-refractivity contribution in [3.05, 3.63) is 30.3 Å². The second kappa shape index (κ2) is 3.05. The Labute approximate surface area is 66.4 Å². The van der Waals surface area contributed by atoms with Gasteiger partial charge in [0.05, 0.1) is 0 Å².